The summed E-state index contributed by atoms with van der Waals surface area (Å²) in [5, 5.41) is 20.1. The van der Waals surface area contributed by atoms with Crippen molar-refractivity contribution in [2.75, 3.05) is 19.6 Å². The zero-order chi connectivity index (χ0) is 14.9. The molecule has 118 valence electrons. The van der Waals surface area contributed by atoms with Crippen molar-refractivity contribution in [2.24, 2.45) is 11.8 Å². The first-order valence-corrected chi connectivity index (χ1v) is 8.55. The van der Waals surface area contributed by atoms with E-state index in [2.05, 4.69) is 4.90 Å². The quantitative estimate of drug-likeness (QED) is 0.784. The highest BCUT2D eigenvalue weighted by Crippen LogP contribution is 2.34. The number of alkyl halides is 2. The Balaban J connectivity index is 1.81. The molecule has 0 spiro atoms. The van der Waals surface area contributed by atoms with Gasteiger partial charge >= 0.3 is 0 Å². The first-order chi connectivity index (χ1) is 9.27. The third-order valence-electron chi connectivity index (χ3n) is 5.01. The molecule has 0 aromatic carbocycles. The third kappa shape index (κ3) is 4.23. The molecule has 1 aliphatic heterocycles. The lowest BCUT2D eigenvalue weighted by molar-refractivity contribution is -0.0210. The summed E-state index contributed by atoms with van der Waals surface area (Å²) in [5.74, 6) is 0.606. The molecule has 4 atom stereocenters. The second kappa shape index (κ2) is 6.70. The summed E-state index contributed by atoms with van der Waals surface area (Å²) >= 11 is 12.3. The molecule has 1 aliphatic carbocycles. The molecule has 4 unspecified atom stereocenters. The number of piperidine rings is 1. The van der Waals surface area contributed by atoms with Crippen LogP contribution in [0.4, 0.5) is 0 Å². The smallest absolute Gasteiger partial charge is 0.0620 e. The van der Waals surface area contributed by atoms with Crippen LogP contribution in [0.15, 0.2) is 0 Å². The summed E-state index contributed by atoms with van der Waals surface area (Å²) in [5.41, 5.74) is -0.580. The van der Waals surface area contributed by atoms with E-state index < -0.39 is 5.60 Å². The Morgan fingerprint density at radius 3 is 2.20 bits per heavy atom. The molecule has 20 heavy (non-hydrogen) atoms. The van der Waals surface area contributed by atoms with Crippen molar-refractivity contribution in [3.05, 3.63) is 0 Å². The zero-order valence-corrected chi connectivity index (χ0v) is 13.9. The number of halogens is 2. The first-order valence-electron chi connectivity index (χ1n) is 7.68. The molecule has 2 rings (SSSR count). The predicted molar refractivity (Wildman–Crippen MR) is 83.5 cm³/mol. The van der Waals surface area contributed by atoms with E-state index in [1.165, 1.54) is 0 Å². The summed E-state index contributed by atoms with van der Waals surface area (Å²) in [6, 6.07) is 0. The van der Waals surface area contributed by atoms with Gasteiger partial charge in [-0.1, -0.05) is 0 Å². The fraction of sp³-hybridized carbons (Fsp3) is 1.00. The van der Waals surface area contributed by atoms with Gasteiger partial charge in [-0.15, -0.1) is 23.2 Å². The molecule has 5 heteroatoms. The van der Waals surface area contributed by atoms with Crippen LogP contribution in [0.5, 0.6) is 0 Å². The Hall–Kier alpha value is 0.460. The molecule has 2 fully saturated rings. The maximum absolute atomic E-state index is 10.2. The lowest BCUT2D eigenvalue weighted by Gasteiger charge is -2.41. The number of rotatable bonds is 3. The largest absolute Gasteiger partial charge is 0.393 e. The minimum absolute atomic E-state index is 0.0287. The monoisotopic (exact) mass is 323 g/mol. The third-order valence-corrected chi connectivity index (χ3v) is 6.10. The van der Waals surface area contributed by atoms with E-state index in [9.17, 15) is 10.2 Å². The van der Waals surface area contributed by atoms with E-state index in [0.717, 1.165) is 38.9 Å². The molecule has 0 aromatic heterocycles. The lowest BCUT2D eigenvalue weighted by Crippen LogP contribution is -2.47. The first kappa shape index (κ1) is 16.8. The van der Waals surface area contributed by atoms with E-state index in [4.69, 9.17) is 23.2 Å². The maximum atomic E-state index is 10.2. The molecule has 1 saturated carbocycles. The van der Waals surface area contributed by atoms with Crippen molar-refractivity contribution in [3.63, 3.8) is 0 Å². The molecule has 0 bridgehead atoms. The summed E-state index contributed by atoms with van der Waals surface area (Å²) in [6.07, 6.45) is 3.10. The molecule has 0 aromatic rings. The topological polar surface area (TPSA) is 43.7 Å². The molecule has 2 aliphatic rings. The highest BCUT2D eigenvalue weighted by atomic mass is 35.5. The van der Waals surface area contributed by atoms with Crippen LogP contribution in [0.2, 0.25) is 0 Å². The van der Waals surface area contributed by atoms with Gasteiger partial charge in [-0.3, -0.25) is 0 Å². The van der Waals surface area contributed by atoms with Gasteiger partial charge in [-0.2, -0.15) is 0 Å². The van der Waals surface area contributed by atoms with Gasteiger partial charge in [-0.05, 0) is 64.5 Å². The van der Waals surface area contributed by atoms with Gasteiger partial charge < -0.3 is 15.1 Å². The normalized spacial score (nSPS) is 38.1. The number of nitrogens with zero attached hydrogens (tertiary/aromatic N) is 1. The van der Waals surface area contributed by atoms with Gasteiger partial charge in [0.2, 0.25) is 0 Å². The summed E-state index contributed by atoms with van der Waals surface area (Å²) < 4.78 is 0. The van der Waals surface area contributed by atoms with E-state index in [1.807, 2.05) is 13.8 Å². The highest BCUT2D eigenvalue weighted by molar-refractivity contribution is 6.30. The molecule has 3 nitrogen and oxygen atoms in total. The van der Waals surface area contributed by atoms with E-state index in [1.54, 1.807) is 0 Å². The number of aliphatic hydroxyl groups is 2. The van der Waals surface area contributed by atoms with Crippen LogP contribution in [-0.4, -0.2) is 57.2 Å². The van der Waals surface area contributed by atoms with Gasteiger partial charge in [0.15, 0.2) is 0 Å². The molecule has 1 saturated heterocycles. The average Bonchev–Trinajstić information content (AvgIpc) is 2.35. The van der Waals surface area contributed by atoms with Gasteiger partial charge in [0, 0.05) is 6.54 Å². The average molecular weight is 324 g/mol. The summed E-state index contributed by atoms with van der Waals surface area (Å²) in [7, 11) is 0. The van der Waals surface area contributed by atoms with Crippen LogP contribution in [0.1, 0.15) is 39.5 Å². The van der Waals surface area contributed by atoms with E-state index in [0.29, 0.717) is 12.3 Å². The summed E-state index contributed by atoms with van der Waals surface area (Å²) in [6.45, 7) is 6.69. The van der Waals surface area contributed by atoms with Crippen molar-refractivity contribution in [1.29, 1.82) is 0 Å². The molecule has 1 heterocycles. The molecular formula is C15H27Cl2NO2. The van der Waals surface area contributed by atoms with E-state index in [-0.39, 0.29) is 22.8 Å². The second-order valence-corrected chi connectivity index (χ2v) is 8.18. The van der Waals surface area contributed by atoms with E-state index >= 15 is 0 Å². The molecule has 0 amide bonds. The van der Waals surface area contributed by atoms with Crippen molar-refractivity contribution < 1.29 is 10.2 Å². The van der Waals surface area contributed by atoms with Crippen molar-refractivity contribution in [2.45, 2.75) is 62.0 Å². The van der Waals surface area contributed by atoms with Gasteiger partial charge in [0.1, 0.15) is 0 Å². The second-order valence-electron chi connectivity index (χ2n) is 7.06. The van der Waals surface area contributed by atoms with Gasteiger partial charge in [-0.25, -0.2) is 0 Å². The van der Waals surface area contributed by atoms with Crippen LogP contribution in [0.25, 0.3) is 0 Å². The molecule has 2 N–H and O–H groups in total. The van der Waals surface area contributed by atoms with Crippen molar-refractivity contribution in [1.82, 2.24) is 4.90 Å². The van der Waals surface area contributed by atoms with Crippen LogP contribution in [-0.2, 0) is 0 Å². The van der Waals surface area contributed by atoms with Crippen LogP contribution >= 0.6 is 23.2 Å². The molecule has 0 radical (unpaired) electrons. The van der Waals surface area contributed by atoms with Crippen LogP contribution in [0, 0.1) is 11.8 Å². The Morgan fingerprint density at radius 2 is 1.65 bits per heavy atom. The highest BCUT2D eigenvalue weighted by Gasteiger charge is 2.36. The zero-order valence-electron chi connectivity index (χ0n) is 12.4. The van der Waals surface area contributed by atoms with Crippen molar-refractivity contribution in [3.8, 4) is 0 Å². The van der Waals surface area contributed by atoms with Gasteiger partial charge in [0.25, 0.3) is 0 Å². The lowest BCUT2D eigenvalue weighted by atomic mass is 9.81. The number of hydrogen-bond donors (Lipinski definition) is 2. The van der Waals surface area contributed by atoms with Gasteiger partial charge in [0.05, 0.1) is 22.5 Å². The Morgan fingerprint density at radius 1 is 1.10 bits per heavy atom. The SMILES string of the molecule is CC(C)(O)C1CCN(CC2CC(Cl)C(Cl)CC2O)CC1. The fourth-order valence-electron chi connectivity index (χ4n) is 3.51. The Labute approximate surface area is 132 Å². The summed E-state index contributed by atoms with van der Waals surface area (Å²) in [4.78, 5) is 2.40. The number of likely N-dealkylation sites (tertiary alicyclic amines) is 1. The number of hydrogen-bond acceptors (Lipinski definition) is 3. The predicted octanol–water partition coefficient (Wildman–Crippen LogP) is 2.46. The van der Waals surface area contributed by atoms with Crippen LogP contribution in [0.3, 0.4) is 0 Å². The van der Waals surface area contributed by atoms with Crippen LogP contribution < -0.4 is 0 Å². The van der Waals surface area contributed by atoms with Crippen molar-refractivity contribution >= 4 is 23.2 Å². The fourth-order valence-corrected chi connectivity index (χ4v) is 4.13. The number of aliphatic hydroxyl groups excluding tert-OH is 1. The minimum atomic E-state index is -0.580. The Bertz CT molecular complexity index is 313. The Kier molecular flexibility index (Phi) is 5.64. The standard InChI is InChI=1S/C15H27Cl2NO2/c1-15(2,20)11-3-5-18(6-4-11)9-10-7-12(16)13(17)8-14(10)19/h10-14,19-20H,3-9H2,1-2H3. The maximum Gasteiger partial charge on any atom is 0.0620 e. The molecular weight excluding hydrogens is 297 g/mol. The minimum Gasteiger partial charge on any atom is -0.393 e.